The quantitative estimate of drug-likeness (QED) is 0.229. The lowest BCUT2D eigenvalue weighted by Crippen LogP contribution is -2.50. The molecule has 3 heterocycles. The van der Waals surface area contributed by atoms with E-state index in [0.29, 0.717) is 24.3 Å². The van der Waals surface area contributed by atoms with Gasteiger partial charge in [0.25, 0.3) is 0 Å². The number of aromatic nitrogens is 1. The van der Waals surface area contributed by atoms with Crippen LogP contribution in [0.4, 0.5) is 11.5 Å². The molecular formula is C32H32I2N4O3. The van der Waals surface area contributed by atoms with Crippen LogP contribution in [0.3, 0.4) is 0 Å². The van der Waals surface area contributed by atoms with Crippen molar-refractivity contribution in [2.45, 2.75) is 59.8 Å². The Balaban J connectivity index is 1.22. The number of anilines is 2. The predicted molar refractivity (Wildman–Crippen MR) is 176 cm³/mol. The highest BCUT2D eigenvalue weighted by molar-refractivity contribution is 14.1. The van der Waals surface area contributed by atoms with Crippen LogP contribution in [0.5, 0.6) is 0 Å². The SMILES string of the molecule is CC1(C)CC[C@@H](c2cc(CI)cc(CI)c2)N(CC(=O)Nc2ccc3c(c2)C[C@@]2(C3)C(=O)Nc3ncccc32)C1=O. The molecule has 9 heteroatoms. The molecule has 1 spiro atoms. The molecule has 0 bridgehead atoms. The number of benzene rings is 2. The molecule has 2 atom stereocenters. The first-order valence-electron chi connectivity index (χ1n) is 13.9. The van der Waals surface area contributed by atoms with Crippen molar-refractivity contribution in [2.75, 3.05) is 17.2 Å². The molecule has 3 amide bonds. The minimum Gasteiger partial charge on any atom is -0.326 e. The Morgan fingerprint density at radius 2 is 1.78 bits per heavy atom. The second kappa shape index (κ2) is 10.9. The van der Waals surface area contributed by atoms with E-state index in [2.05, 4.69) is 79.0 Å². The number of rotatable bonds is 6. The van der Waals surface area contributed by atoms with Crippen LogP contribution in [-0.4, -0.2) is 34.2 Å². The maximum absolute atomic E-state index is 13.7. The number of alkyl halides is 2. The van der Waals surface area contributed by atoms with Gasteiger partial charge in [-0.05, 0) is 71.7 Å². The topological polar surface area (TPSA) is 91.4 Å². The number of pyridine rings is 1. The molecule has 212 valence electrons. The van der Waals surface area contributed by atoms with Crippen LogP contribution in [0, 0.1) is 5.41 Å². The van der Waals surface area contributed by atoms with Crippen LogP contribution < -0.4 is 10.6 Å². The highest BCUT2D eigenvalue weighted by atomic mass is 127. The first kappa shape index (κ1) is 28.6. The second-order valence-corrected chi connectivity index (χ2v) is 13.6. The Kier molecular flexibility index (Phi) is 7.63. The molecule has 3 aliphatic rings. The summed E-state index contributed by atoms with van der Waals surface area (Å²) in [6.45, 7) is 3.93. The van der Waals surface area contributed by atoms with Gasteiger partial charge in [0, 0.05) is 31.7 Å². The smallest absolute Gasteiger partial charge is 0.244 e. The number of likely N-dealkylation sites (tertiary alicyclic amines) is 1. The Bertz CT molecular complexity index is 1550. The van der Waals surface area contributed by atoms with Gasteiger partial charge < -0.3 is 15.5 Å². The summed E-state index contributed by atoms with van der Waals surface area (Å²) in [5.74, 6) is 0.399. The fraction of sp³-hybridized carbons (Fsp3) is 0.375. The molecule has 3 aromatic rings. The minimum atomic E-state index is -0.656. The molecule has 6 rings (SSSR count). The monoisotopic (exact) mass is 774 g/mol. The highest BCUT2D eigenvalue weighted by Gasteiger charge is 2.51. The first-order valence-corrected chi connectivity index (χ1v) is 16.9. The van der Waals surface area contributed by atoms with Crippen molar-refractivity contribution < 1.29 is 14.4 Å². The van der Waals surface area contributed by atoms with Crippen LogP contribution in [0.25, 0.3) is 0 Å². The van der Waals surface area contributed by atoms with Gasteiger partial charge in [0.1, 0.15) is 12.4 Å². The Labute approximate surface area is 267 Å². The van der Waals surface area contributed by atoms with Gasteiger partial charge in [-0.25, -0.2) is 4.98 Å². The first-order chi connectivity index (χ1) is 19.6. The molecule has 1 aromatic heterocycles. The average molecular weight is 774 g/mol. The van der Waals surface area contributed by atoms with E-state index < -0.39 is 10.8 Å². The number of halogens is 2. The molecule has 1 fully saturated rings. The van der Waals surface area contributed by atoms with Crippen molar-refractivity contribution in [3.8, 4) is 0 Å². The van der Waals surface area contributed by atoms with Crippen molar-refractivity contribution >= 4 is 74.4 Å². The number of amides is 3. The number of fused-ring (bicyclic) bond motifs is 3. The van der Waals surface area contributed by atoms with Gasteiger partial charge >= 0.3 is 0 Å². The van der Waals surface area contributed by atoms with Gasteiger partial charge in [-0.3, -0.25) is 14.4 Å². The van der Waals surface area contributed by atoms with Crippen molar-refractivity contribution in [1.29, 1.82) is 0 Å². The van der Waals surface area contributed by atoms with E-state index in [0.717, 1.165) is 44.0 Å². The zero-order valence-corrected chi connectivity index (χ0v) is 27.4. The molecule has 41 heavy (non-hydrogen) atoms. The van der Waals surface area contributed by atoms with E-state index in [4.69, 9.17) is 0 Å². The van der Waals surface area contributed by atoms with Crippen molar-refractivity contribution in [3.63, 3.8) is 0 Å². The van der Waals surface area contributed by atoms with Crippen LogP contribution in [0.1, 0.15) is 66.1 Å². The number of nitrogens with one attached hydrogen (secondary N) is 2. The van der Waals surface area contributed by atoms with Crippen LogP contribution >= 0.6 is 45.2 Å². The van der Waals surface area contributed by atoms with Crippen molar-refractivity contribution in [2.24, 2.45) is 5.41 Å². The summed E-state index contributed by atoms with van der Waals surface area (Å²) in [5.41, 5.74) is 6.17. The standard InChI is InChI=1S/C32H32I2N4O3/c1-31(2)8-7-26(22-11-19(16-33)10-20(12-22)17-34)38(30(31)41)18-27(39)36-24-6-5-21-14-32(15-23(21)13-24)25-4-3-9-35-28(25)37-29(32)40/h3-6,9-13,26H,7-8,14-18H2,1-2H3,(H,36,39)(H,35,37,40)/t26-,32+/m0/s1. The number of hydrogen-bond acceptors (Lipinski definition) is 4. The zero-order valence-electron chi connectivity index (χ0n) is 23.1. The Morgan fingerprint density at radius 1 is 1.05 bits per heavy atom. The molecule has 1 aliphatic carbocycles. The molecule has 2 aromatic carbocycles. The predicted octanol–water partition coefficient (Wildman–Crippen LogP) is 6.27. The summed E-state index contributed by atoms with van der Waals surface area (Å²) in [7, 11) is 0. The molecule has 7 nitrogen and oxygen atoms in total. The van der Waals surface area contributed by atoms with Crippen molar-refractivity contribution in [3.05, 3.63) is 88.1 Å². The summed E-state index contributed by atoms with van der Waals surface area (Å²) in [6.07, 6.45) is 4.45. The summed E-state index contributed by atoms with van der Waals surface area (Å²) in [4.78, 5) is 46.3. The fourth-order valence-electron chi connectivity index (χ4n) is 6.66. The summed E-state index contributed by atoms with van der Waals surface area (Å²) >= 11 is 4.75. The Hall–Kier alpha value is -2.54. The lowest BCUT2D eigenvalue weighted by atomic mass is 9.78. The molecule has 1 saturated heterocycles. The minimum absolute atomic E-state index is 0.00946. The van der Waals surface area contributed by atoms with E-state index in [9.17, 15) is 14.4 Å². The zero-order chi connectivity index (χ0) is 28.9. The maximum Gasteiger partial charge on any atom is 0.244 e. The van der Waals surface area contributed by atoms with Gasteiger partial charge in [-0.2, -0.15) is 0 Å². The lowest BCUT2D eigenvalue weighted by molar-refractivity contribution is -0.150. The van der Waals surface area contributed by atoms with Gasteiger partial charge in [0.2, 0.25) is 17.7 Å². The van der Waals surface area contributed by atoms with Crippen molar-refractivity contribution in [1.82, 2.24) is 9.88 Å². The van der Waals surface area contributed by atoms with Gasteiger partial charge in [0.05, 0.1) is 11.5 Å². The van der Waals surface area contributed by atoms with Crippen LogP contribution in [0.15, 0.2) is 54.7 Å². The van der Waals surface area contributed by atoms with Crippen LogP contribution in [-0.2, 0) is 41.5 Å². The number of piperidine rings is 1. The third-order valence-corrected chi connectivity index (χ3v) is 10.6. The molecule has 2 N–H and O–H groups in total. The van der Waals surface area contributed by atoms with Gasteiger partial charge in [-0.15, -0.1) is 0 Å². The third kappa shape index (κ3) is 5.17. The molecule has 2 aliphatic heterocycles. The summed E-state index contributed by atoms with van der Waals surface area (Å²) in [5, 5.41) is 5.99. The lowest BCUT2D eigenvalue weighted by Gasteiger charge is -2.43. The average Bonchev–Trinajstić information content (AvgIpc) is 3.47. The van der Waals surface area contributed by atoms with E-state index in [1.807, 2.05) is 44.2 Å². The normalized spacial score (nSPS) is 22.4. The number of carbonyl (C=O) groups is 3. The number of hydrogen-bond donors (Lipinski definition) is 2. The maximum atomic E-state index is 13.7. The van der Waals surface area contributed by atoms with Gasteiger partial charge in [0.15, 0.2) is 0 Å². The van der Waals surface area contributed by atoms with E-state index in [1.165, 1.54) is 11.1 Å². The van der Waals surface area contributed by atoms with E-state index in [1.54, 1.807) is 11.1 Å². The van der Waals surface area contributed by atoms with E-state index in [-0.39, 0.29) is 30.3 Å². The summed E-state index contributed by atoms with van der Waals surface area (Å²) < 4.78 is 1.79. The largest absolute Gasteiger partial charge is 0.326 e. The van der Waals surface area contributed by atoms with E-state index >= 15 is 0 Å². The highest BCUT2D eigenvalue weighted by Crippen LogP contribution is 2.47. The summed E-state index contributed by atoms with van der Waals surface area (Å²) in [6, 6.07) is 16.2. The third-order valence-electron chi connectivity index (χ3n) is 8.81. The Morgan fingerprint density at radius 3 is 2.51 bits per heavy atom. The number of carbonyl (C=O) groups excluding carboxylic acids is 3. The second-order valence-electron chi connectivity index (χ2n) is 12.0. The molecule has 0 saturated carbocycles. The molecule has 0 unspecified atom stereocenters. The van der Waals surface area contributed by atoms with Crippen LogP contribution in [0.2, 0.25) is 0 Å². The van der Waals surface area contributed by atoms with Gasteiger partial charge in [-0.1, -0.05) is 89.4 Å². The molecular weight excluding hydrogens is 742 g/mol. The number of nitrogens with zero attached hydrogens (tertiary/aromatic N) is 2. The molecule has 0 radical (unpaired) electrons. The fourth-order valence-corrected chi connectivity index (χ4v) is 7.54.